The SMILES string of the molecule is COc1cccc(CCNC(=O)/C=C(\C)c2cc3c(-c4cccc5ccccc45)coc3cc2OC)c1. The number of benzene rings is 4. The summed E-state index contributed by atoms with van der Waals surface area (Å²) in [4.78, 5) is 12.7. The first-order valence-corrected chi connectivity index (χ1v) is 12.2. The molecule has 0 atom stereocenters. The van der Waals surface area contributed by atoms with Gasteiger partial charge in [0.15, 0.2) is 0 Å². The molecule has 0 saturated carbocycles. The van der Waals surface area contributed by atoms with Crippen LogP contribution in [-0.4, -0.2) is 26.7 Å². The number of carbonyl (C=O) groups is 1. The molecule has 1 aromatic heterocycles. The van der Waals surface area contributed by atoms with Gasteiger partial charge in [0.2, 0.25) is 5.91 Å². The van der Waals surface area contributed by atoms with Gasteiger partial charge in [-0.2, -0.15) is 0 Å². The molecule has 4 aromatic carbocycles. The van der Waals surface area contributed by atoms with Crippen LogP contribution in [0.4, 0.5) is 0 Å². The molecule has 5 rings (SSSR count). The largest absolute Gasteiger partial charge is 0.497 e. The lowest BCUT2D eigenvalue weighted by Crippen LogP contribution is -2.23. The third-order valence-electron chi connectivity index (χ3n) is 6.59. The second kappa shape index (κ2) is 10.6. The number of carbonyl (C=O) groups excluding carboxylic acids is 1. The van der Waals surface area contributed by atoms with E-state index < -0.39 is 0 Å². The van der Waals surface area contributed by atoms with Crippen molar-refractivity contribution >= 4 is 33.2 Å². The van der Waals surface area contributed by atoms with Gasteiger partial charge in [0.25, 0.3) is 0 Å². The van der Waals surface area contributed by atoms with Crippen LogP contribution in [-0.2, 0) is 11.2 Å². The lowest BCUT2D eigenvalue weighted by molar-refractivity contribution is -0.116. The molecule has 1 amide bonds. The van der Waals surface area contributed by atoms with E-state index in [4.69, 9.17) is 13.9 Å². The van der Waals surface area contributed by atoms with Crippen LogP contribution in [0.3, 0.4) is 0 Å². The van der Waals surface area contributed by atoms with E-state index in [0.717, 1.165) is 49.9 Å². The van der Waals surface area contributed by atoms with Crippen LogP contribution in [0.25, 0.3) is 38.4 Å². The first-order valence-electron chi connectivity index (χ1n) is 12.2. The Kier molecular flexibility index (Phi) is 6.95. The minimum atomic E-state index is -0.149. The smallest absolute Gasteiger partial charge is 0.244 e. The minimum absolute atomic E-state index is 0.149. The highest BCUT2D eigenvalue weighted by Gasteiger charge is 2.16. The predicted molar refractivity (Wildman–Crippen MR) is 149 cm³/mol. The number of hydrogen-bond acceptors (Lipinski definition) is 4. The Morgan fingerprint density at radius 1 is 0.892 bits per heavy atom. The van der Waals surface area contributed by atoms with Crippen molar-refractivity contribution < 1.29 is 18.7 Å². The summed E-state index contributed by atoms with van der Waals surface area (Å²) < 4.78 is 16.9. The fraction of sp³-hybridized carbons (Fsp3) is 0.156. The Balaban J connectivity index is 1.41. The number of methoxy groups -OCH3 is 2. The molecule has 5 aromatic rings. The number of fused-ring (bicyclic) bond motifs is 2. The van der Waals surface area contributed by atoms with Crippen LogP contribution in [0, 0.1) is 0 Å². The van der Waals surface area contributed by atoms with Crippen molar-refractivity contribution in [2.75, 3.05) is 20.8 Å². The van der Waals surface area contributed by atoms with Gasteiger partial charge in [0.05, 0.1) is 20.5 Å². The third kappa shape index (κ3) is 5.07. The maximum Gasteiger partial charge on any atom is 0.244 e. The summed E-state index contributed by atoms with van der Waals surface area (Å²) in [6.07, 6.45) is 4.13. The summed E-state index contributed by atoms with van der Waals surface area (Å²) in [7, 11) is 3.27. The molecule has 5 nitrogen and oxygen atoms in total. The highest BCUT2D eigenvalue weighted by molar-refractivity contribution is 6.06. The zero-order valence-electron chi connectivity index (χ0n) is 21.2. The fourth-order valence-corrected chi connectivity index (χ4v) is 4.68. The van der Waals surface area contributed by atoms with E-state index in [2.05, 4.69) is 35.6 Å². The molecule has 0 unspecified atom stereocenters. The number of furan rings is 1. The van der Waals surface area contributed by atoms with E-state index in [1.807, 2.05) is 55.5 Å². The van der Waals surface area contributed by atoms with Gasteiger partial charge in [-0.25, -0.2) is 0 Å². The first-order chi connectivity index (χ1) is 18.1. The van der Waals surface area contributed by atoms with Gasteiger partial charge in [-0.3, -0.25) is 4.79 Å². The molecular weight excluding hydrogens is 462 g/mol. The third-order valence-corrected chi connectivity index (χ3v) is 6.59. The van der Waals surface area contributed by atoms with Crippen LogP contribution >= 0.6 is 0 Å². The minimum Gasteiger partial charge on any atom is -0.497 e. The molecule has 1 heterocycles. The zero-order valence-corrected chi connectivity index (χ0v) is 21.2. The molecule has 0 fully saturated rings. The number of allylic oxidation sites excluding steroid dienone is 1. The molecule has 0 aliphatic heterocycles. The van der Waals surface area contributed by atoms with Gasteiger partial charge >= 0.3 is 0 Å². The summed E-state index contributed by atoms with van der Waals surface area (Å²) in [5, 5.41) is 6.28. The molecular formula is C32H29NO4. The number of hydrogen-bond donors (Lipinski definition) is 1. The standard InChI is InChI=1S/C32H29NO4/c1-21(16-32(34)33-15-14-22-8-6-11-24(17-22)35-2)27-18-28-29(20-37-31(28)19-30(27)36-3)26-13-7-10-23-9-4-5-12-25(23)26/h4-13,16-20H,14-15H2,1-3H3,(H,33,34)/b21-16+. The van der Waals surface area contributed by atoms with E-state index in [1.54, 1.807) is 26.6 Å². The Morgan fingerprint density at radius 2 is 1.70 bits per heavy atom. The highest BCUT2D eigenvalue weighted by atomic mass is 16.5. The van der Waals surface area contributed by atoms with Crippen LogP contribution in [0.1, 0.15) is 18.1 Å². The summed E-state index contributed by atoms with van der Waals surface area (Å²) >= 11 is 0. The summed E-state index contributed by atoms with van der Waals surface area (Å²) in [5.74, 6) is 1.32. The average molecular weight is 492 g/mol. The molecule has 0 aliphatic carbocycles. The molecule has 0 aliphatic rings. The van der Waals surface area contributed by atoms with Crippen LogP contribution < -0.4 is 14.8 Å². The van der Waals surface area contributed by atoms with Crippen LogP contribution in [0.15, 0.2) is 95.6 Å². The molecule has 0 saturated heterocycles. The Labute approximate surface area is 216 Å². The maximum atomic E-state index is 12.7. The second-order valence-corrected chi connectivity index (χ2v) is 8.94. The van der Waals surface area contributed by atoms with Crippen molar-refractivity contribution in [1.29, 1.82) is 0 Å². The number of ether oxygens (including phenoxy) is 2. The lowest BCUT2D eigenvalue weighted by Gasteiger charge is -2.11. The van der Waals surface area contributed by atoms with Gasteiger partial charge < -0.3 is 19.2 Å². The van der Waals surface area contributed by atoms with E-state index in [-0.39, 0.29) is 5.91 Å². The first kappa shape index (κ1) is 24.2. The van der Waals surface area contributed by atoms with Gasteiger partial charge in [0, 0.05) is 35.2 Å². The predicted octanol–water partition coefficient (Wildman–Crippen LogP) is 7.03. The Hall–Kier alpha value is -4.51. The zero-order chi connectivity index (χ0) is 25.8. The molecule has 0 bridgehead atoms. The van der Waals surface area contributed by atoms with Gasteiger partial charge in [-0.1, -0.05) is 54.6 Å². The molecule has 37 heavy (non-hydrogen) atoms. The molecule has 5 heteroatoms. The topological polar surface area (TPSA) is 60.7 Å². The summed E-state index contributed by atoms with van der Waals surface area (Å²) in [6, 6.07) is 26.4. The monoisotopic (exact) mass is 491 g/mol. The van der Waals surface area contributed by atoms with Crippen LogP contribution in [0.2, 0.25) is 0 Å². The van der Waals surface area contributed by atoms with Crippen LogP contribution in [0.5, 0.6) is 11.5 Å². The van der Waals surface area contributed by atoms with Crippen molar-refractivity contribution in [1.82, 2.24) is 5.32 Å². The summed E-state index contributed by atoms with van der Waals surface area (Å²) in [5.41, 5.74) is 5.60. The maximum absolute atomic E-state index is 12.7. The highest BCUT2D eigenvalue weighted by Crippen LogP contribution is 2.39. The molecule has 186 valence electrons. The van der Waals surface area contributed by atoms with E-state index in [0.29, 0.717) is 18.7 Å². The molecule has 1 N–H and O–H groups in total. The van der Waals surface area contributed by atoms with E-state index in [9.17, 15) is 4.79 Å². The number of amides is 1. The second-order valence-electron chi connectivity index (χ2n) is 8.94. The van der Waals surface area contributed by atoms with E-state index >= 15 is 0 Å². The van der Waals surface area contributed by atoms with E-state index in [1.165, 1.54) is 5.39 Å². The van der Waals surface area contributed by atoms with Crippen molar-refractivity contribution in [3.63, 3.8) is 0 Å². The quantitative estimate of drug-likeness (QED) is 0.237. The summed E-state index contributed by atoms with van der Waals surface area (Å²) in [6.45, 7) is 2.45. The van der Waals surface area contributed by atoms with Gasteiger partial charge in [0.1, 0.15) is 17.1 Å². The lowest BCUT2D eigenvalue weighted by atomic mass is 9.96. The normalized spacial score (nSPS) is 11.6. The molecule has 0 spiro atoms. The van der Waals surface area contributed by atoms with Gasteiger partial charge in [-0.05, 0) is 59.0 Å². The Morgan fingerprint density at radius 3 is 2.54 bits per heavy atom. The van der Waals surface area contributed by atoms with Crippen molar-refractivity contribution in [2.45, 2.75) is 13.3 Å². The number of rotatable bonds is 8. The van der Waals surface area contributed by atoms with Crippen molar-refractivity contribution in [3.8, 4) is 22.6 Å². The molecule has 0 radical (unpaired) electrons. The van der Waals surface area contributed by atoms with Crippen molar-refractivity contribution in [2.24, 2.45) is 0 Å². The average Bonchev–Trinajstić information content (AvgIpc) is 3.34. The fourth-order valence-electron chi connectivity index (χ4n) is 4.68. The van der Waals surface area contributed by atoms with Crippen molar-refractivity contribution in [3.05, 3.63) is 102 Å². The number of nitrogens with one attached hydrogen (secondary N) is 1. The Bertz CT molecular complexity index is 1610. The van der Waals surface area contributed by atoms with Gasteiger partial charge in [-0.15, -0.1) is 0 Å².